The van der Waals surface area contributed by atoms with Gasteiger partial charge >= 0.3 is 0 Å². The molecule has 74 valence electrons. The average Bonchev–Trinajstić information content (AvgIpc) is 2.61. The largest absolute Gasteiger partial charge is 0.356 e. The van der Waals surface area contributed by atoms with Crippen molar-refractivity contribution in [3.05, 3.63) is 24.3 Å². The molecule has 14 heavy (non-hydrogen) atoms. The third kappa shape index (κ3) is 1.62. The van der Waals surface area contributed by atoms with E-state index in [0.29, 0.717) is 0 Å². The van der Waals surface area contributed by atoms with E-state index in [1.54, 1.807) is 0 Å². The summed E-state index contributed by atoms with van der Waals surface area (Å²) < 4.78 is 5.21. The van der Waals surface area contributed by atoms with E-state index < -0.39 is 0 Å². The topological polar surface area (TPSA) is 29.3 Å². The van der Waals surface area contributed by atoms with Gasteiger partial charge in [-0.25, -0.2) is 0 Å². The van der Waals surface area contributed by atoms with Gasteiger partial charge in [-0.05, 0) is 12.1 Å². The summed E-state index contributed by atoms with van der Waals surface area (Å²) in [6.45, 7) is 0.913. The van der Waals surface area contributed by atoms with E-state index in [1.807, 2.05) is 31.3 Å². The van der Waals surface area contributed by atoms with Crippen LogP contribution in [0, 0.1) is 0 Å². The highest BCUT2D eigenvalue weighted by molar-refractivity contribution is 9.09. The number of alkyl halides is 1. The van der Waals surface area contributed by atoms with Crippen LogP contribution in [0.1, 0.15) is 0 Å². The molecule has 0 bridgehead atoms. The summed E-state index contributed by atoms with van der Waals surface area (Å²) in [7, 11) is 2.01. The minimum Gasteiger partial charge on any atom is -0.356 e. The van der Waals surface area contributed by atoms with Gasteiger partial charge in [-0.15, -0.1) is 0 Å². The quantitative estimate of drug-likeness (QED) is 0.789. The Morgan fingerprint density at radius 2 is 2.21 bits per heavy atom. The Morgan fingerprint density at radius 3 is 3.00 bits per heavy atom. The fourth-order valence-electron chi connectivity index (χ4n) is 1.38. The van der Waals surface area contributed by atoms with Crippen LogP contribution in [0.3, 0.4) is 0 Å². The van der Waals surface area contributed by atoms with Crippen LogP contribution in [-0.2, 0) is 0 Å². The van der Waals surface area contributed by atoms with Crippen molar-refractivity contribution in [2.24, 2.45) is 0 Å². The molecule has 0 fully saturated rings. The molecule has 0 amide bonds. The molecule has 1 heterocycles. The first-order valence-corrected chi connectivity index (χ1v) is 5.56. The lowest BCUT2D eigenvalue weighted by atomic mass is 10.2. The lowest BCUT2D eigenvalue weighted by molar-refractivity contribution is 0.456. The van der Waals surface area contributed by atoms with Crippen LogP contribution in [0.2, 0.25) is 0 Å². The molecule has 0 atom stereocenters. The number of fused-ring (bicyclic) bond motifs is 1. The number of hydrogen-bond acceptors (Lipinski definition) is 3. The van der Waals surface area contributed by atoms with Gasteiger partial charge in [0.2, 0.25) is 0 Å². The monoisotopic (exact) mass is 254 g/mol. The lowest BCUT2D eigenvalue weighted by Gasteiger charge is -2.13. The van der Waals surface area contributed by atoms with E-state index >= 15 is 0 Å². The maximum atomic E-state index is 5.21. The van der Waals surface area contributed by atoms with Crippen molar-refractivity contribution in [3.8, 4) is 0 Å². The zero-order chi connectivity index (χ0) is 9.97. The number of halogens is 1. The third-order valence-electron chi connectivity index (χ3n) is 2.14. The molecule has 0 spiro atoms. The van der Waals surface area contributed by atoms with E-state index in [-0.39, 0.29) is 0 Å². The minimum atomic E-state index is 0.837. The molecule has 0 aliphatic carbocycles. The van der Waals surface area contributed by atoms with Crippen molar-refractivity contribution in [2.45, 2.75) is 0 Å². The highest BCUT2D eigenvalue weighted by atomic mass is 79.9. The molecule has 0 saturated carbocycles. The van der Waals surface area contributed by atoms with Gasteiger partial charge in [0.05, 0.1) is 5.39 Å². The smallest absolute Gasteiger partial charge is 0.179 e. The number of para-hydroxylation sites is 1. The molecule has 1 aromatic carbocycles. The van der Waals surface area contributed by atoms with Gasteiger partial charge in [0.25, 0.3) is 0 Å². The number of benzene rings is 1. The molecule has 0 saturated heterocycles. The summed E-state index contributed by atoms with van der Waals surface area (Å²) in [4.78, 5) is 2.07. The van der Waals surface area contributed by atoms with Crippen LogP contribution in [-0.4, -0.2) is 24.1 Å². The second-order valence-electron chi connectivity index (χ2n) is 3.11. The van der Waals surface area contributed by atoms with Crippen LogP contribution >= 0.6 is 15.9 Å². The molecule has 1 aromatic heterocycles. The Bertz CT molecular complexity index is 427. The van der Waals surface area contributed by atoms with E-state index in [1.165, 1.54) is 0 Å². The van der Waals surface area contributed by atoms with Crippen molar-refractivity contribution >= 4 is 32.7 Å². The number of aromatic nitrogens is 1. The fraction of sp³-hybridized carbons (Fsp3) is 0.300. The van der Waals surface area contributed by atoms with Crippen molar-refractivity contribution in [1.29, 1.82) is 0 Å². The first-order chi connectivity index (χ1) is 6.83. The molecule has 0 N–H and O–H groups in total. The summed E-state index contributed by atoms with van der Waals surface area (Å²) in [5.41, 5.74) is 0.837. The Morgan fingerprint density at radius 1 is 1.43 bits per heavy atom. The van der Waals surface area contributed by atoms with Crippen molar-refractivity contribution in [1.82, 2.24) is 5.16 Å². The SMILES string of the molecule is CN(CCBr)c1noc2ccccc12. The summed E-state index contributed by atoms with van der Waals surface area (Å²) in [5.74, 6) is 0.903. The predicted molar refractivity (Wildman–Crippen MR) is 61.1 cm³/mol. The number of nitrogens with zero attached hydrogens (tertiary/aromatic N) is 2. The van der Waals surface area contributed by atoms with Gasteiger partial charge in [0, 0.05) is 18.9 Å². The highest BCUT2D eigenvalue weighted by Gasteiger charge is 2.10. The van der Waals surface area contributed by atoms with Gasteiger partial charge in [-0.2, -0.15) is 0 Å². The number of hydrogen-bond donors (Lipinski definition) is 0. The molecular formula is C10H11BrN2O. The van der Waals surface area contributed by atoms with Gasteiger partial charge in [0.15, 0.2) is 11.4 Å². The van der Waals surface area contributed by atoms with Gasteiger partial charge < -0.3 is 9.42 Å². The van der Waals surface area contributed by atoms with E-state index in [0.717, 1.165) is 28.7 Å². The summed E-state index contributed by atoms with van der Waals surface area (Å²) >= 11 is 3.40. The Hall–Kier alpha value is -1.03. The first kappa shape index (κ1) is 9.52. The Kier molecular flexibility index (Phi) is 2.72. The Balaban J connectivity index is 2.42. The number of rotatable bonds is 3. The highest BCUT2D eigenvalue weighted by Crippen LogP contribution is 2.24. The molecule has 4 heteroatoms. The fourth-order valence-corrected chi connectivity index (χ4v) is 1.91. The van der Waals surface area contributed by atoms with Crippen molar-refractivity contribution in [3.63, 3.8) is 0 Å². The molecular weight excluding hydrogens is 244 g/mol. The van der Waals surface area contributed by atoms with Crippen LogP contribution in [0.15, 0.2) is 28.8 Å². The summed E-state index contributed by atoms with van der Waals surface area (Å²) in [5, 5.41) is 6.03. The minimum absolute atomic E-state index is 0.837. The standard InChI is InChI=1S/C10H11BrN2O/c1-13(7-6-11)10-8-4-2-3-5-9(8)14-12-10/h2-5H,6-7H2,1H3. The molecule has 2 rings (SSSR count). The van der Waals surface area contributed by atoms with E-state index in [2.05, 4.69) is 26.0 Å². The third-order valence-corrected chi connectivity index (χ3v) is 2.49. The van der Waals surface area contributed by atoms with E-state index in [9.17, 15) is 0 Å². The van der Waals surface area contributed by atoms with Crippen LogP contribution in [0.4, 0.5) is 5.82 Å². The van der Waals surface area contributed by atoms with Crippen LogP contribution in [0.25, 0.3) is 11.0 Å². The molecule has 2 aromatic rings. The lowest BCUT2D eigenvalue weighted by Crippen LogP contribution is -2.19. The molecule has 0 aliphatic heterocycles. The Labute approximate surface area is 90.8 Å². The second-order valence-corrected chi connectivity index (χ2v) is 3.91. The normalized spacial score (nSPS) is 10.7. The maximum absolute atomic E-state index is 5.21. The number of anilines is 1. The molecule has 0 aliphatic rings. The van der Waals surface area contributed by atoms with E-state index in [4.69, 9.17) is 4.52 Å². The molecule has 0 unspecified atom stereocenters. The second kappa shape index (κ2) is 4.00. The molecule has 3 nitrogen and oxygen atoms in total. The van der Waals surface area contributed by atoms with Crippen LogP contribution < -0.4 is 4.90 Å². The summed E-state index contributed by atoms with van der Waals surface area (Å²) in [6, 6.07) is 7.88. The summed E-state index contributed by atoms with van der Waals surface area (Å²) in [6.07, 6.45) is 0. The van der Waals surface area contributed by atoms with Gasteiger partial charge in [-0.3, -0.25) is 0 Å². The maximum Gasteiger partial charge on any atom is 0.179 e. The van der Waals surface area contributed by atoms with Crippen molar-refractivity contribution in [2.75, 3.05) is 23.8 Å². The first-order valence-electron chi connectivity index (χ1n) is 4.44. The predicted octanol–water partition coefficient (Wildman–Crippen LogP) is 2.66. The van der Waals surface area contributed by atoms with Gasteiger partial charge in [-0.1, -0.05) is 33.2 Å². The zero-order valence-corrected chi connectivity index (χ0v) is 9.49. The average molecular weight is 255 g/mol. The van der Waals surface area contributed by atoms with Crippen molar-refractivity contribution < 1.29 is 4.52 Å². The zero-order valence-electron chi connectivity index (χ0n) is 7.90. The van der Waals surface area contributed by atoms with Gasteiger partial charge in [0.1, 0.15) is 0 Å². The molecule has 0 radical (unpaired) electrons. The van der Waals surface area contributed by atoms with Crippen LogP contribution in [0.5, 0.6) is 0 Å².